The fraction of sp³-hybridized carbons (Fsp3) is 0.381. The van der Waals surface area contributed by atoms with Gasteiger partial charge in [-0.2, -0.15) is 0 Å². The van der Waals surface area contributed by atoms with Crippen LogP contribution in [0.3, 0.4) is 0 Å². The Kier molecular flexibility index (Phi) is 6.45. The van der Waals surface area contributed by atoms with Crippen LogP contribution in [0.2, 0.25) is 0 Å². The minimum atomic E-state index is -0.196. The van der Waals surface area contributed by atoms with Crippen LogP contribution in [0.1, 0.15) is 37.3 Å². The number of anilines is 1. The van der Waals surface area contributed by atoms with E-state index in [2.05, 4.69) is 19.2 Å². The standard InChI is InChI=1S/C21H27NO3/c1-6-14(2)20(16-10-8-7-9-11-16)21(23)22-17-13-19(25-5)18(24-4)12-15(17)3/h7-14,20H,6H2,1-5H3,(H,22,23). The lowest BCUT2D eigenvalue weighted by atomic mass is 9.85. The van der Waals surface area contributed by atoms with E-state index in [9.17, 15) is 4.79 Å². The number of methoxy groups -OCH3 is 2. The van der Waals surface area contributed by atoms with Crippen LogP contribution in [0.5, 0.6) is 11.5 Å². The van der Waals surface area contributed by atoms with Crippen molar-refractivity contribution in [1.29, 1.82) is 0 Å². The molecule has 0 spiro atoms. The van der Waals surface area contributed by atoms with Crippen molar-refractivity contribution in [2.24, 2.45) is 5.92 Å². The van der Waals surface area contributed by atoms with E-state index < -0.39 is 0 Å². The minimum Gasteiger partial charge on any atom is -0.493 e. The Balaban J connectivity index is 2.32. The third kappa shape index (κ3) is 4.32. The molecule has 0 aliphatic heterocycles. The molecule has 2 aromatic rings. The fourth-order valence-corrected chi connectivity index (χ4v) is 2.96. The summed E-state index contributed by atoms with van der Waals surface area (Å²) in [6.45, 7) is 6.16. The highest BCUT2D eigenvalue weighted by atomic mass is 16.5. The maximum Gasteiger partial charge on any atom is 0.232 e. The summed E-state index contributed by atoms with van der Waals surface area (Å²) in [5, 5.41) is 3.08. The summed E-state index contributed by atoms with van der Waals surface area (Å²) in [6.07, 6.45) is 0.928. The topological polar surface area (TPSA) is 47.6 Å². The zero-order valence-electron chi connectivity index (χ0n) is 15.6. The van der Waals surface area contributed by atoms with Gasteiger partial charge in [0.25, 0.3) is 0 Å². The number of ether oxygens (including phenoxy) is 2. The minimum absolute atomic E-state index is 0.00382. The first kappa shape index (κ1) is 18.8. The molecule has 0 aliphatic rings. The number of benzene rings is 2. The van der Waals surface area contributed by atoms with E-state index in [4.69, 9.17) is 9.47 Å². The van der Waals surface area contributed by atoms with Crippen LogP contribution >= 0.6 is 0 Å². The molecule has 0 aromatic heterocycles. The van der Waals surface area contributed by atoms with E-state index in [1.54, 1.807) is 14.2 Å². The third-order valence-corrected chi connectivity index (χ3v) is 4.64. The van der Waals surface area contributed by atoms with Crippen LogP contribution < -0.4 is 14.8 Å². The Bertz CT molecular complexity index is 713. The van der Waals surface area contributed by atoms with E-state index >= 15 is 0 Å². The third-order valence-electron chi connectivity index (χ3n) is 4.64. The van der Waals surface area contributed by atoms with Gasteiger partial charge in [-0.05, 0) is 30.0 Å². The highest BCUT2D eigenvalue weighted by Crippen LogP contribution is 2.34. The Morgan fingerprint density at radius 2 is 1.68 bits per heavy atom. The van der Waals surface area contributed by atoms with Crippen LogP contribution in [-0.2, 0) is 4.79 Å². The molecule has 2 atom stereocenters. The molecular formula is C21H27NO3. The van der Waals surface area contributed by atoms with Gasteiger partial charge in [0.1, 0.15) is 0 Å². The summed E-state index contributed by atoms with van der Waals surface area (Å²) in [7, 11) is 3.19. The second kappa shape index (κ2) is 8.56. The molecule has 1 amide bonds. The van der Waals surface area contributed by atoms with Crippen molar-refractivity contribution in [3.05, 3.63) is 53.6 Å². The van der Waals surface area contributed by atoms with E-state index in [1.807, 2.05) is 49.4 Å². The SMILES string of the molecule is CCC(C)C(C(=O)Nc1cc(OC)c(OC)cc1C)c1ccccc1. The molecular weight excluding hydrogens is 314 g/mol. The molecule has 0 saturated heterocycles. The lowest BCUT2D eigenvalue weighted by molar-refractivity contribution is -0.118. The Hall–Kier alpha value is -2.49. The van der Waals surface area contributed by atoms with E-state index in [-0.39, 0.29) is 17.7 Å². The molecule has 4 nitrogen and oxygen atoms in total. The summed E-state index contributed by atoms with van der Waals surface area (Å²) in [5.41, 5.74) is 2.71. The Labute approximate surface area is 150 Å². The molecule has 0 bridgehead atoms. The smallest absolute Gasteiger partial charge is 0.232 e. The van der Waals surface area contributed by atoms with Crippen LogP contribution in [0.25, 0.3) is 0 Å². The lowest BCUT2D eigenvalue weighted by Gasteiger charge is -2.23. The molecule has 0 radical (unpaired) electrons. The number of carbonyl (C=O) groups is 1. The Morgan fingerprint density at radius 3 is 2.24 bits per heavy atom. The molecule has 2 unspecified atom stereocenters. The molecule has 4 heteroatoms. The molecule has 134 valence electrons. The van der Waals surface area contributed by atoms with E-state index in [1.165, 1.54) is 0 Å². The zero-order chi connectivity index (χ0) is 18.4. The Morgan fingerprint density at radius 1 is 1.08 bits per heavy atom. The molecule has 0 saturated carbocycles. The molecule has 0 fully saturated rings. The fourth-order valence-electron chi connectivity index (χ4n) is 2.96. The largest absolute Gasteiger partial charge is 0.493 e. The average molecular weight is 341 g/mol. The summed E-state index contributed by atoms with van der Waals surface area (Å²) in [4.78, 5) is 13.0. The van der Waals surface area contributed by atoms with Gasteiger partial charge in [0.15, 0.2) is 11.5 Å². The zero-order valence-corrected chi connectivity index (χ0v) is 15.6. The van der Waals surface area contributed by atoms with Gasteiger partial charge in [0.2, 0.25) is 5.91 Å². The van der Waals surface area contributed by atoms with E-state index in [0.717, 1.165) is 23.2 Å². The highest BCUT2D eigenvalue weighted by molar-refractivity contribution is 5.97. The average Bonchev–Trinajstić information content (AvgIpc) is 2.63. The van der Waals surface area contributed by atoms with Crippen LogP contribution in [-0.4, -0.2) is 20.1 Å². The van der Waals surface area contributed by atoms with Gasteiger partial charge in [0.05, 0.1) is 20.1 Å². The monoisotopic (exact) mass is 341 g/mol. The molecule has 2 aromatic carbocycles. The number of aryl methyl sites for hydroxylation is 1. The summed E-state index contributed by atoms with van der Waals surface area (Å²) in [5.74, 6) is 1.29. The number of amides is 1. The quantitative estimate of drug-likeness (QED) is 0.788. The van der Waals surface area contributed by atoms with Crippen LogP contribution in [0.15, 0.2) is 42.5 Å². The predicted molar refractivity (Wildman–Crippen MR) is 102 cm³/mol. The summed E-state index contributed by atoms with van der Waals surface area (Å²) < 4.78 is 10.7. The number of carbonyl (C=O) groups excluding carboxylic acids is 1. The number of hydrogen-bond acceptors (Lipinski definition) is 3. The van der Waals surface area contributed by atoms with Crippen molar-refractivity contribution < 1.29 is 14.3 Å². The first-order valence-electron chi connectivity index (χ1n) is 8.60. The van der Waals surface area contributed by atoms with Crippen molar-refractivity contribution in [2.75, 3.05) is 19.5 Å². The molecule has 1 N–H and O–H groups in total. The molecule has 2 rings (SSSR count). The van der Waals surface area contributed by atoms with Gasteiger partial charge >= 0.3 is 0 Å². The van der Waals surface area contributed by atoms with Crippen molar-refractivity contribution in [3.8, 4) is 11.5 Å². The number of hydrogen-bond donors (Lipinski definition) is 1. The summed E-state index contributed by atoms with van der Waals surface area (Å²) in [6, 6.07) is 13.6. The maximum absolute atomic E-state index is 13.0. The van der Waals surface area contributed by atoms with Crippen LogP contribution in [0.4, 0.5) is 5.69 Å². The second-order valence-corrected chi connectivity index (χ2v) is 6.29. The van der Waals surface area contributed by atoms with Gasteiger partial charge in [0, 0.05) is 11.8 Å². The van der Waals surface area contributed by atoms with Gasteiger partial charge in [-0.1, -0.05) is 50.6 Å². The highest BCUT2D eigenvalue weighted by Gasteiger charge is 2.26. The van der Waals surface area contributed by atoms with Crippen molar-refractivity contribution in [1.82, 2.24) is 0 Å². The van der Waals surface area contributed by atoms with Gasteiger partial charge < -0.3 is 14.8 Å². The van der Waals surface area contributed by atoms with Crippen molar-refractivity contribution in [3.63, 3.8) is 0 Å². The predicted octanol–water partition coefficient (Wildman–Crippen LogP) is 4.78. The molecule has 0 heterocycles. The normalized spacial score (nSPS) is 13.0. The van der Waals surface area contributed by atoms with Crippen molar-refractivity contribution >= 4 is 11.6 Å². The van der Waals surface area contributed by atoms with Crippen LogP contribution in [0, 0.1) is 12.8 Å². The maximum atomic E-state index is 13.0. The van der Waals surface area contributed by atoms with Gasteiger partial charge in [-0.3, -0.25) is 4.79 Å². The van der Waals surface area contributed by atoms with Gasteiger partial charge in [-0.15, -0.1) is 0 Å². The van der Waals surface area contributed by atoms with Crippen molar-refractivity contribution in [2.45, 2.75) is 33.1 Å². The van der Waals surface area contributed by atoms with E-state index in [0.29, 0.717) is 11.5 Å². The number of nitrogens with one attached hydrogen (secondary N) is 1. The first-order valence-corrected chi connectivity index (χ1v) is 8.60. The lowest BCUT2D eigenvalue weighted by Crippen LogP contribution is -2.26. The molecule has 0 aliphatic carbocycles. The number of rotatable bonds is 7. The molecule has 25 heavy (non-hydrogen) atoms. The first-order chi connectivity index (χ1) is 12.0. The summed E-state index contributed by atoms with van der Waals surface area (Å²) >= 11 is 0. The second-order valence-electron chi connectivity index (χ2n) is 6.29. The van der Waals surface area contributed by atoms with Gasteiger partial charge in [-0.25, -0.2) is 0 Å².